The molecule has 2 atom stereocenters. The van der Waals surface area contributed by atoms with Crippen molar-refractivity contribution in [1.82, 2.24) is 10.2 Å². The van der Waals surface area contributed by atoms with E-state index in [-0.39, 0.29) is 30.3 Å². The SMILES string of the molecule is Cc1ccc(CC2CCCN2C(=O)CNC(=O)[C@@H](N)C(C)C)cc1. The molecule has 0 bridgehead atoms. The molecule has 1 aromatic carbocycles. The molecular formula is C19H29N3O2. The van der Waals surface area contributed by atoms with Crippen LogP contribution in [-0.4, -0.2) is 41.9 Å². The zero-order chi connectivity index (χ0) is 17.7. The summed E-state index contributed by atoms with van der Waals surface area (Å²) in [6.07, 6.45) is 2.90. The van der Waals surface area contributed by atoms with Crippen molar-refractivity contribution in [3.05, 3.63) is 35.4 Å². The number of aryl methyl sites for hydroxylation is 1. The molecule has 0 aromatic heterocycles. The van der Waals surface area contributed by atoms with Gasteiger partial charge in [0.2, 0.25) is 11.8 Å². The van der Waals surface area contributed by atoms with Gasteiger partial charge in [-0.2, -0.15) is 0 Å². The molecular weight excluding hydrogens is 302 g/mol. The van der Waals surface area contributed by atoms with E-state index in [2.05, 4.69) is 36.5 Å². The predicted molar refractivity (Wildman–Crippen MR) is 95.4 cm³/mol. The van der Waals surface area contributed by atoms with Crippen LogP contribution in [-0.2, 0) is 16.0 Å². The summed E-state index contributed by atoms with van der Waals surface area (Å²) >= 11 is 0. The Hall–Kier alpha value is -1.88. The number of hydrogen-bond acceptors (Lipinski definition) is 3. The third kappa shape index (κ3) is 4.81. The molecule has 132 valence electrons. The summed E-state index contributed by atoms with van der Waals surface area (Å²) in [7, 11) is 0. The summed E-state index contributed by atoms with van der Waals surface area (Å²) in [5.41, 5.74) is 8.29. The fourth-order valence-corrected chi connectivity index (χ4v) is 3.06. The highest BCUT2D eigenvalue weighted by Crippen LogP contribution is 2.21. The number of carbonyl (C=O) groups is 2. The topological polar surface area (TPSA) is 75.4 Å². The molecule has 5 heteroatoms. The van der Waals surface area contributed by atoms with Crippen molar-refractivity contribution in [3.8, 4) is 0 Å². The molecule has 0 spiro atoms. The molecule has 0 aliphatic carbocycles. The summed E-state index contributed by atoms with van der Waals surface area (Å²) in [6.45, 7) is 6.65. The van der Waals surface area contributed by atoms with Gasteiger partial charge in [-0.25, -0.2) is 0 Å². The van der Waals surface area contributed by atoms with E-state index in [1.54, 1.807) is 0 Å². The Morgan fingerprint density at radius 1 is 1.29 bits per heavy atom. The van der Waals surface area contributed by atoms with E-state index >= 15 is 0 Å². The number of rotatable bonds is 6. The highest BCUT2D eigenvalue weighted by atomic mass is 16.2. The zero-order valence-electron chi connectivity index (χ0n) is 14.9. The summed E-state index contributed by atoms with van der Waals surface area (Å²) in [5.74, 6) is -0.220. The molecule has 2 amide bonds. The van der Waals surface area contributed by atoms with Crippen LogP contribution in [0, 0.1) is 12.8 Å². The quantitative estimate of drug-likeness (QED) is 0.832. The number of nitrogens with one attached hydrogen (secondary N) is 1. The normalized spacial score (nSPS) is 18.7. The maximum absolute atomic E-state index is 12.5. The largest absolute Gasteiger partial charge is 0.346 e. The van der Waals surface area contributed by atoms with Gasteiger partial charge in [0.15, 0.2) is 0 Å². The first-order valence-electron chi connectivity index (χ1n) is 8.76. The van der Waals surface area contributed by atoms with E-state index in [0.717, 1.165) is 25.8 Å². The lowest BCUT2D eigenvalue weighted by Crippen LogP contribution is -2.48. The lowest BCUT2D eigenvalue weighted by atomic mass is 10.0. The lowest BCUT2D eigenvalue weighted by Gasteiger charge is -2.25. The summed E-state index contributed by atoms with van der Waals surface area (Å²) in [5, 5.41) is 2.68. The van der Waals surface area contributed by atoms with Gasteiger partial charge in [0.25, 0.3) is 0 Å². The number of amides is 2. The van der Waals surface area contributed by atoms with Crippen LogP contribution in [0.5, 0.6) is 0 Å². The van der Waals surface area contributed by atoms with Gasteiger partial charge in [-0.15, -0.1) is 0 Å². The van der Waals surface area contributed by atoms with E-state index in [1.807, 2.05) is 18.7 Å². The molecule has 0 saturated carbocycles. The Kier molecular flexibility index (Phi) is 6.37. The minimum atomic E-state index is -0.570. The van der Waals surface area contributed by atoms with Gasteiger partial charge in [-0.1, -0.05) is 43.7 Å². The highest BCUT2D eigenvalue weighted by Gasteiger charge is 2.29. The van der Waals surface area contributed by atoms with Crippen LogP contribution in [0.1, 0.15) is 37.8 Å². The monoisotopic (exact) mass is 331 g/mol. The molecule has 1 aliphatic rings. The van der Waals surface area contributed by atoms with E-state index in [4.69, 9.17) is 5.73 Å². The van der Waals surface area contributed by atoms with Crippen LogP contribution in [0.25, 0.3) is 0 Å². The number of likely N-dealkylation sites (tertiary alicyclic amines) is 1. The maximum Gasteiger partial charge on any atom is 0.242 e. The van der Waals surface area contributed by atoms with Crippen molar-refractivity contribution in [2.75, 3.05) is 13.1 Å². The van der Waals surface area contributed by atoms with Crippen LogP contribution >= 0.6 is 0 Å². The molecule has 1 fully saturated rings. The van der Waals surface area contributed by atoms with Crippen LogP contribution in [0.4, 0.5) is 0 Å². The third-order valence-corrected chi connectivity index (χ3v) is 4.72. The van der Waals surface area contributed by atoms with Crippen molar-refractivity contribution in [1.29, 1.82) is 0 Å². The van der Waals surface area contributed by atoms with Crippen LogP contribution in [0.15, 0.2) is 24.3 Å². The van der Waals surface area contributed by atoms with Crippen molar-refractivity contribution in [2.45, 2.75) is 52.1 Å². The first-order chi connectivity index (χ1) is 11.4. The first-order valence-corrected chi connectivity index (χ1v) is 8.76. The Balaban J connectivity index is 1.88. The second kappa shape index (κ2) is 8.29. The van der Waals surface area contributed by atoms with E-state index in [9.17, 15) is 9.59 Å². The van der Waals surface area contributed by atoms with E-state index in [0.29, 0.717) is 0 Å². The third-order valence-electron chi connectivity index (χ3n) is 4.72. The van der Waals surface area contributed by atoms with E-state index < -0.39 is 6.04 Å². The van der Waals surface area contributed by atoms with Gasteiger partial charge < -0.3 is 16.0 Å². The van der Waals surface area contributed by atoms with Crippen LogP contribution in [0.3, 0.4) is 0 Å². The van der Waals surface area contributed by atoms with Gasteiger partial charge in [0, 0.05) is 12.6 Å². The number of carbonyl (C=O) groups excluding carboxylic acids is 2. The second-order valence-electron chi connectivity index (χ2n) is 7.06. The molecule has 3 N–H and O–H groups in total. The number of nitrogens with zero attached hydrogens (tertiary/aromatic N) is 1. The number of benzene rings is 1. The zero-order valence-corrected chi connectivity index (χ0v) is 14.9. The molecule has 0 radical (unpaired) electrons. The Labute approximate surface area is 144 Å². The standard InChI is InChI=1S/C19H29N3O2/c1-13(2)18(20)19(24)21-12-17(23)22-10-4-5-16(22)11-15-8-6-14(3)7-9-15/h6-9,13,16,18H,4-5,10-12,20H2,1-3H3,(H,21,24)/t16?,18-/m0/s1. The lowest BCUT2D eigenvalue weighted by molar-refractivity contribution is -0.134. The van der Waals surface area contributed by atoms with Crippen molar-refractivity contribution < 1.29 is 9.59 Å². The smallest absolute Gasteiger partial charge is 0.242 e. The van der Waals surface area contributed by atoms with Crippen LogP contribution in [0.2, 0.25) is 0 Å². The summed E-state index contributed by atoms with van der Waals surface area (Å²) in [6, 6.07) is 8.10. The highest BCUT2D eigenvalue weighted by molar-refractivity contribution is 5.87. The van der Waals surface area contributed by atoms with Gasteiger partial charge in [0.1, 0.15) is 0 Å². The minimum absolute atomic E-state index is 0.0195. The average molecular weight is 331 g/mol. The molecule has 2 rings (SSSR count). The maximum atomic E-state index is 12.5. The Bertz CT molecular complexity index is 568. The van der Waals surface area contributed by atoms with Crippen molar-refractivity contribution in [2.24, 2.45) is 11.7 Å². The molecule has 1 heterocycles. The second-order valence-corrected chi connectivity index (χ2v) is 7.06. The van der Waals surface area contributed by atoms with Crippen LogP contribution < -0.4 is 11.1 Å². The number of nitrogens with two attached hydrogens (primary N) is 1. The molecule has 1 aliphatic heterocycles. The van der Waals surface area contributed by atoms with Crippen molar-refractivity contribution in [3.63, 3.8) is 0 Å². The van der Waals surface area contributed by atoms with Crippen molar-refractivity contribution >= 4 is 11.8 Å². The van der Waals surface area contributed by atoms with Gasteiger partial charge in [-0.05, 0) is 37.7 Å². The van der Waals surface area contributed by atoms with E-state index in [1.165, 1.54) is 11.1 Å². The van der Waals surface area contributed by atoms with Gasteiger partial charge >= 0.3 is 0 Å². The fraction of sp³-hybridized carbons (Fsp3) is 0.579. The average Bonchev–Trinajstić information content (AvgIpc) is 3.01. The first kappa shape index (κ1) is 18.5. The van der Waals surface area contributed by atoms with Gasteiger partial charge in [-0.3, -0.25) is 9.59 Å². The minimum Gasteiger partial charge on any atom is -0.346 e. The Morgan fingerprint density at radius 3 is 2.58 bits per heavy atom. The number of hydrogen-bond donors (Lipinski definition) is 2. The summed E-state index contributed by atoms with van der Waals surface area (Å²) in [4.78, 5) is 26.3. The van der Waals surface area contributed by atoms with Gasteiger partial charge in [0.05, 0.1) is 12.6 Å². The predicted octanol–water partition coefficient (Wildman–Crippen LogP) is 1.63. The molecule has 1 aromatic rings. The summed E-state index contributed by atoms with van der Waals surface area (Å²) < 4.78 is 0. The fourth-order valence-electron chi connectivity index (χ4n) is 3.06. The Morgan fingerprint density at radius 2 is 1.96 bits per heavy atom. The molecule has 1 unspecified atom stereocenters. The molecule has 24 heavy (non-hydrogen) atoms. The molecule has 1 saturated heterocycles. The molecule has 5 nitrogen and oxygen atoms in total.